The fourth-order valence-electron chi connectivity index (χ4n) is 4.70. The van der Waals surface area contributed by atoms with Crippen molar-refractivity contribution >= 4 is 39.0 Å². The van der Waals surface area contributed by atoms with Crippen molar-refractivity contribution in [2.75, 3.05) is 30.3 Å². The third-order valence-electron chi connectivity index (χ3n) is 6.23. The number of anilines is 2. The van der Waals surface area contributed by atoms with Crippen LogP contribution in [0.15, 0.2) is 18.3 Å². The minimum absolute atomic E-state index is 0.0280. The average molecular weight is 459 g/mol. The van der Waals surface area contributed by atoms with E-state index in [1.807, 2.05) is 6.92 Å². The SMILES string of the molecule is Cc1cnc2c(N)c(C(=O)NCCc3c(F)cc(N4C5CCC4CNC5)cc3F)sc2n1. The van der Waals surface area contributed by atoms with Crippen LogP contribution in [0.5, 0.6) is 0 Å². The fourth-order valence-corrected chi connectivity index (χ4v) is 5.71. The van der Waals surface area contributed by atoms with Gasteiger partial charge in [-0.15, -0.1) is 11.3 Å². The standard InChI is InChI=1S/C22H24F2N6OS/c1-11-8-28-19-18(25)20(32-22(19)29-11)21(31)27-5-4-15-16(23)6-14(7-17(15)24)30-12-2-3-13(30)10-26-9-12/h6-8,12-13,26H,2-5,9-10,25H2,1H3,(H,27,31). The Morgan fingerprint density at radius 3 is 2.66 bits per heavy atom. The van der Waals surface area contributed by atoms with Gasteiger partial charge in [-0.05, 0) is 38.3 Å². The van der Waals surface area contributed by atoms with Gasteiger partial charge in [-0.25, -0.2) is 18.7 Å². The van der Waals surface area contributed by atoms with Crippen molar-refractivity contribution in [1.29, 1.82) is 0 Å². The van der Waals surface area contributed by atoms with Crippen LogP contribution in [0, 0.1) is 18.6 Å². The molecule has 2 aromatic heterocycles. The average Bonchev–Trinajstić information content (AvgIpc) is 3.21. The van der Waals surface area contributed by atoms with Crippen molar-refractivity contribution in [2.24, 2.45) is 0 Å². The summed E-state index contributed by atoms with van der Waals surface area (Å²) in [5.41, 5.74) is 8.10. The van der Waals surface area contributed by atoms with Crippen molar-refractivity contribution < 1.29 is 13.6 Å². The van der Waals surface area contributed by atoms with E-state index >= 15 is 0 Å². The molecule has 2 fully saturated rings. The molecule has 2 bridgehead atoms. The van der Waals surface area contributed by atoms with Crippen molar-refractivity contribution in [3.05, 3.63) is 46.1 Å². The molecular weight excluding hydrogens is 434 g/mol. The van der Waals surface area contributed by atoms with Crippen LogP contribution in [0.1, 0.15) is 33.8 Å². The number of thiophene rings is 1. The molecule has 2 aliphatic heterocycles. The van der Waals surface area contributed by atoms with Crippen molar-refractivity contribution in [1.82, 2.24) is 20.6 Å². The predicted molar refractivity (Wildman–Crippen MR) is 121 cm³/mol. The molecule has 0 aliphatic carbocycles. The molecule has 3 aromatic rings. The Kier molecular flexibility index (Phi) is 5.42. The Morgan fingerprint density at radius 2 is 1.97 bits per heavy atom. The number of halogens is 2. The number of aromatic nitrogens is 2. The molecule has 32 heavy (non-hydrogen) atoms. The van der Waals surface area contributed by atoms with E-state index in [1.54, 1.807) is 6.20 Å². The first-order valence-electron chi connectivity index (χ1n) is 10.7. The summed E-state index contributed by atoms with van der Waals surface area (Å²) in [6.07, 6.45) is 3.69. The van der Waals surface area contributed by atoms with Crippen molar-refractivity contribution in [3.8, 4) is 0 Å². The van der Waals surface area contributed by atoms with E-state index in [1.165, 1.54) is 12.1 Å². The lowest BCUT2D eigenvalue weighted by molar-refractivity contribution is 0.0958. The van der Waals surface area contributed by atoms with Crippen LogP contribution in [0.25, 0.3) is 10.3 Å². The number of amides is 1. The molecule has 0 radical (unpaired) electrons. The maximum absolute atomic E-state index is 14.8. The molecule has 2 saturated heterocycles. The first-order valence-corrected chi connectivity index (χ1v) is 11.5. The third kappa shape index (κ3) is 3.67. The van der Waals surface area contributed by atoms with Crippen LogP contribution in [-0.4, -0.2) is 47.6 Å². The number of carbonyl (C=O) groups is 1. The Hall–Kier alpha value is -2.85. The summed E-state index contributed by atoms with van der Waals surface area (Å²) in [6, 6.07) is 3.38. The van der Waals surface area contributed by atoms with E-state index in [9.17, 15) is 13.6 Å². The molecule has 7 nitrogen and oxygen atoms in total. The molecule has 0 saturated carbocycles. The molecule has 5 rings (SSSR count). The maximum Gasteiger partial charge on any atom is 0.263 e. The van der Waals surface area contributed by atoms with Gasteiger partial charge in [0, 0.05) is 49.2 Å². The highest BCUT2D eigenvalue weighted by Gasteiger charge is 2.37. The van der Waals surface area contributed by atoms with E-state index in [2.05, 4.69) is 25.5 Å². The molecule has 4 N–H and O–H groups in total. The smallest absolute Gasteiger partial charge is 0.263 e. The van der Waals surface area contributed by atoms with Gasteiger partial charge in [-0.3, -0.25) is 4.79 Å². The monoisotopic (exact) mass is 458 g/mol. The highest BCUT2D eigenvalue weighted by molar-refractivity contribution is 7.21. The number of rotatable bonds is 5. The third-order valence-corrected chi connectivity index (χ3v) is 7.32. The van der Waals surface area contributed by atoms with Crippen LogP contribution < -0.4 is 21.3 Å². The Labute approximate surface area is 188 Å². The van der Waals surface area contributed by atoms with Crippen molar-refractivity contribution in [3.63, 3.8) is 0 Å². The molecule has 2 atom stereocenters. The van der Waals surface area contributed by atoms with Crippen LogP contribution in [0.2, 0.25) is 0 Å². The van der Waals surface area contributed by atoms with Crippen molar-refractivity contribution in [2.45, 2.75) is 38.3 Å². The largest absolute Gasteiger partial charge is 0.396 e. The molecule has 2 unspecified atom stereocenters. The zero-order valence-electron chi connectivity index (χ0n) is 17.6. The summed E-state index contributed by atoms with van der Waals surface area (Å²) in [5, 5.41) is 6.07. The second-order valence-corrected chi connectivity index (χ2v) is 9.35. The number of fused-ring (bicyclic) bond motifs is 3. The van der Waals surface area contributed by atoms with Crippen LogP contribution in [0.3, 0.4) is 0 Å². The van der Waals surface area contributed by atoms with Gasteiger partial charge in [0.2, 0.25) is 0 Å². The first kappa shape index (κ1) is 21.0. The van der Waals surface area contributed by atoms with Gasteiger partial charge in [0.25, 0.3) is 5.91 Å². The van der Waals surface area contributed by atoms with Gasteiger partial charge in [-0.1, -0.05) is 0 Å². The number of carbonyl (C=O) groups excluding carboxylic acids is 1. The van der Waals surface area contributed by atoms with Crippen LogP contribution in [0.4, 0.5) is 20.2 Å². The van der Waals surface area contributed by atoms with E-state index < -0.39 is 17.5 Å². The first-order chi connectivity index (χ1) is 15.4. The number of nitrogens with one attached hydrogen (secondary N) is 2. The summed E-state index contributed by atoms with van der Waals surface area (Å²) < 4.78 is 29.6. The molecule has 1 amide bonds. The number of hydrogen-bond acceptors (Lipinski definition) is 7. The van der Waals surface area contributed by atoms with E-state index in [-0.39, 0.29) is 36.3 Å². The number of aryl methyl sites for hydroxylation is 1. The Morgan fingerprint density at radius 1 is 1.28 bits per heavy atom. The summed E-state index contributed by atoms with van der Waals surface area (Å²) >= 11 is 1.15. The highest BCUT2D eigenvalue weighted by Crippen LogP contribution is 2.34. The van der Waals surface area contributed by atoms with Gasteiger partial charge in [0.1, 0.15) is 26.9 Å². The lowest BCUT2D eigenvalue weighted by Crippen LogP contribution is -2.52. The molecule has 1 aromatic carbocycles. The van der Waals surface area contributed by atoms with Gasteiger partial charge in [0.05, 0.1) is 11.4 Å². The summed E-state index contributed by atoms with van der Waals surface area (Å²) in [7, 11) is 0. The number of nitrogens with two attached hydrogens (primary N) is 1. The summed E-state index contributed by atoms with van der Waals surface area (Å²) in [6.45, 7) is 3.56. The zero-order valence-corrected chi connectivity index (χ0v) is 18.4. The fraction of sp³-hybridized carbons (Fsp3) is 0.409. The molecule has 10 heteroatoms. The number of nitrogens with zero attached hydrogens (tertiary/aromatic N) is 3. The molecule has 2 aliphatic rings. The Bertz CT molecular complexity index is 1160. The van der Waals surface area contributed by atoms with Crippen LogP contribution >= 0.6 is 11.3 Å². The maximum atomic E-state index is 14.8. The lowest BCUT2D eigenvalue weighted by atomic mass is 10.1. The molecule has 0 spiro atoms. The topological polar surface area (TPSA) is 96.2 Å². The number of benzene rings is 1. The molecular formula is C22H24F2N6OS. The van der Waals surface area contributed by atoms with Gasteiger partial charge in [-0.2, -0.15) is 0 Å². The normalized spacial score (nSPS) is 20.2. The van der Waals surface area contributed by atoms with Gasteiger partial charge >= 0.3 is 0 Å². The number of hydrogen-bond donors (Lipinski definition) is 3. The van der Waals surface area contributed by atoms with Gasteiger partial charge in [0.15, 0.2) is 0 Å². The summed E-state index contributed by atoms with van der Waals surface area (Å²) in [5.74, 6) is -1.57. The number of nitrogen functional groups attached to an aromatic ring is 1. The quantitative estimate of drug-likeness (QED) is 0.544. The van der Waals surface area contributed by atoms with E-state index in [4.69, 9.17) is 5.73 Å². The summed E-state index contributed by atoms with van der Waals surface area (Å²) in [4.78, 5) is 24.2. The lowest BCUT2D eigenvalue weighted by Gasteiger charge is -2.37. The predicted octanol–water partition coefficient (Wildman–Crippen LogP) is 2.77. The number of piperazine rings is 1. The molecule has 168 valence electrons. The second-order valence-electron chi connectivity index (χ2n) is 8.35. The second kappa shape index (κ2) is 8.25. The molecule has 4 heterocycles. The van der Waals surface area contributed by atoms with E-state index in [0.29, 0.717) is 20.9 Å². The van der Waals surface area contributed by atoms with Gasteiger partial charge < -0.3 is 21.3 Å². The van der Waals surface area contributed by atoms with E-state index in [0.717, 1.165) is 43.0 Å². The highest BCUT2D eigenvalue weighted by atomic mass is 32.1. The zero-order chi connectivity index (χ0) is 22.4. The minimum Gasteiger partial charge on any atom is -0.396 e. The minimum atomic E-state index is -0.586. The Balaban J connectivity index is 1.27. The van der Waals surface area contributed by atoms with Crippen LogP contribution in [-0.2, 0) is 6.42 Å².